The zero-order valence-corrected chi connectivity index (χ0v) is 12.1. The normalized spacial score (nSPS) is 22.7. The van der Waals surface area contributed by atoms with Crippen molar-refractivity contribution in [3.63, 3.8) is 0 Å². The smallest absolute Gasteiger partial charge is 0.136 e. The van der Waals surface area contributed by atoms with Gasteiger partial charge in [0.2, 0.25) is 0 Å². The summed E-state index contributed by atoms with van der Waals surface area (Å²) in [6.45, 7) is 9.40. The Bertz CT molecular complexity index is 301. The van der Waals surface area contributed by atoms with E-state index in [1.54, 1.807) is 14.2 Å². The lowest BCUT2D eigenvalue weighted by Gasteiger charge is -2.27. The van der Waals surface area contributed by atoms with E-state index in [-0.39, 0.29) is 11.3 Å². The second kappa shape index (κ2) is 6.48. The molecule has 0 heterocycles. The Morgan fingerprint density at radius 3 is 2.39 bits per heavy atom. The van der Waals surface area contributed by atoms with Crippen LogP contribution in [0.4, 0.5) is 0 Å². The van der Waals surface area contributed by atoms with Crippen molar-refractivity contribution >= 4 is 5.78 Å². The average molecular weight is 254 g/mol. The van der Waals surface area contributed by atoms with Crippen LogP contribution in [0.2, 0.25) is 0 Å². The van der Waals surface area contributed by atoms with Crippen LogP contribution in [0.1, 0.15) is 33.1 Å². The number of carbonyl (C=O) groups is 1. The van der Waals surface area contributed by atoms with Gasteiger partial charge in [0.25, 0.3) is 0 Å². The molecule has 104 valence electrons. The standard InChI is InChI=1S/C15H26O3/c1-11(2)14(16)6-13-8-15(9-17-4,10-18-5)7-12(13)3/h11,13H,3,6-10H2,1-2,4-5H3. The van der Waals surface area contributed by atoms with Crippen LogP contribution in [0.3, 0.4) is 0 Å². The molecule has 0 radical (unpaired) electrons. The molecule has 1 fully saturated rings. The molecule has 1 atom stereocenters. The van der Waals surface area contributed by atoms with E-state index in [0.29, 0.717) is 31.3 Å². The fourth-order valence-corrected chi connectivity index (χ4v) is 2.93. The van der Waals surface area contributed by atoms with E-state index in [2.05, 4.69) is 6.58 Å². The van der Waals surface area contributed by atoms with Crippen molar-refractivity contribution < 1.29 is 14.3 Å². The van der Waals surface area contributed by atoms with E-state index in [4.69, 9.17) is 9.47 Å². The third-order valence-corrected chi connectivity index (χ3v) is 3.85. The summed E-state index contributed by atoms with van der Waals surface area (Å²) in [4.78, 5) is 11.9. The Morgan fingerprint density at radius 2 is 1.94 bits per heavy atom. The molecule has 18 heavy (non-hydrogen) atoms. The third kappa shape index (κ3) is 3.66. The number of hydrogen-bond acceptors (Lipinski definition) is 3. The van der Waals surface area contributed by atoms with Crippen molar-refractivity contribution in [1.82, 2.24) is 0 Å². The van der Waals surface area contributed by atoms with Gasteiger partial charge in [-0.15, -0.1) is 0 Å². The maximum atomic E-state index is 11.9. The van der Waals surface area contributed by atoms with Crippen molar-refractivity contribution in [1.29, 1.82) is 0 Å². The molecule has 1 aliphatic rings. The summed E-state index contributed by atoms with van der Waals surface area (Å²) >= 11 is 0. The van der Waals surface area contributed by atoms with E-state index in [1.165, 1.54) is 5.57 Å². The minimum atomic E-state index is 0.0164. The summed E-state index contributed by atoms with van der Waals surface area (Å²) in [5.41, 5.74) is 1.20. The molecule has 0 N–H and O–H groups in total. The molecule has 1 rings (SSSR count). The van der Waals surface area contributed by atoms with Gasteiger partial charge in [-0.3, -0.25) is 4.79 Å². The highest BCUT2D eigenvalue weighted by atomic mass is 16.5. The van der Waals surface area contributed by atoms with E-state index in [0.717, 1.165) is 12.8 Å². The van der Waals surface area contributed by atoms with Crippen LogP contribution in [0.25, 0.3) is 0 Å². The van der Waals surface area contributed by atoms with Crippen LogP contribution in [-0.4, -0.2) is 33.2 Å². The van der Waals surface area contributed by atoms with Crippen molar-refractivity contribution in [3.05, 3.63) is 12.2 Å². The Morgan fingerprint density at radius 1 is 1.39 bits per heavy atom. The van der Waals surface area contributed by atoms with Gasteiger partial charge >= 0.3 is 0 Å². The van der Waals surface area contributed by atoms with Crippen molar-refractivity contribution in [2.24, 2.45) is 17.3 Å². The quantitative estimate of drug-likeness (QED) is 0.655. The number of carbonyl (C=O) groups excluding carboxylic acids is 1. The van der Waals surface area contributed by atoms with Crippen molar-refractivity contribution in [2.45, 2.75) is 33.1 Å². The van der Waals surface area contributed by atoms with Gasteiger partial charge in [0.1, 0.15) is 5.78 Å². The molecule has 0 aromatic heterocycles. The fourth-order valence-electron chi connectivity index (χ4n) is 2.93. The molecule has 0 aliphatic heterocycles. The zero-order chi connectivity index (χ0) is 13.8. The molecule has 3 heteroatoms. The monoisotopic (exact) mass is 254 g/mol. The highest BCUT2D eigenvalue weighted by Gasteiger charge is 2.42. The fraction of sp³-hybridized carbons (Fsp3) is 0.800. The SMILES string of the molecule is C=C1CC(COC)(COC)CC1CC(=O)C(C)C. The molecule has 1 unspecified atom stereocenters. The van der Waals surface area contributed by atoms with E-state index >= 15 is 0 Å². The van der Waals surface area contributed by atoms with Crippen LogP contribution >= 0.6 is 0 Å². The van der Waals surface area contributed by atoms with Gasteiger partial charge < -0.3 is 9.47 Å². The number of ketones is 1. The number of hydrogen-bond donors (Lipinski definition) is 0. The van der Waals surface area contributed by atoms with Crippen LogP contribution < -0.4 is 0 Å². The van der Waals surface area contributed by atoms with Crippen LogP contribution in [0.5, 0.6) is 0 Å². The van der Waals surface area contributed by atoms with Gasteiger partial charge in [-0.05, 0) is 18.8 Å². The predicted octanol–water partition coefficient (Wildman–Crippen LogP) is 2.85. The average Bonchev–Trinajstić information content (AvgIpc) is 2.56. The predicted molar refractivity (Wildman–Crippen MR) is 72.5 cm³/mol. The Balaban J connectivity index is 2.68. The first-order chi connectivity index (χ1) is 8.44. The molecule has 1 saturated carbocycles. The van der Waals surface area contributed by atoms with Gasteiger partial charge in [-0.2, -0.15) is 0 Å². The minimum absolute atomic E-state index is 0.0164. The summed E-state index contributed by atoms with van der Waals surface area (Å²) in [7, 11) is 3.43. The van der Waals surface area contributed by atoms with Crippen LogP contribution in [0, 0.1) is 17.3 Å². The molecule has 3 nitrogen and oxygen atoms in total. The van der Waals surface area contributed by atoms with Crippen molar-refractivity contribution in [3.8, 4) is 0 Å². The first-order valence-electron chi connectivity index (χ1n) is 6.62. The summed E-state index contributed by atoms with van der Waals surface area (Å²) in [5.74, 6) is 0.731. The molecule has 0 spiro atoms. The van der Waals surface area contributed by atoms with Crippen molar-refractivity contribution in [2.75, 3.05) is 27.4 Å². The highest BCUT2D eigenvalue weighted by molar-refractivity contribution is 5.80. The number of Topliss-reactive ketones (excluding diaryl/α,β-unsaturated/α-hetero) is 1. The lowest BCUT2D eigenvalue weighted by Crippen LogP contribution is -2.29. The molecule has 0 aromatic rings. The van der Waals surface area contributed by atoms with E-state index in [9.17, 15) is 4.79 Å². The summed E-state index contributed by atoms with van der Waals surface area (Å²) in [6.07, 6.45) is 2.47. The Hall–Kier alpha value is -0.670. The molecule has 1 aliphatic carbocycles. The molecule has 0 aromatic carbocycles. The Kier molecular flexibility index (Phi) is 5.54. The third-order valence-electron chi connectivity index (χ3n) is 3.85. The molecular weight excluding hydrogens is 228 g/mol. The van der Waals surface area contributed by atoms with Gasteiger partial charge in [0, 0.05) is 32.0 Å². The molecule has 0 amide bonds. The maximum Gasteiger partial charge on any atom is 0.136 e. The van der Waals surface area contributed by atoms with Gasteiger partial charge in [-0.1, -0.05) is 26.0 Å². The minimum Gasteiger partial charge on any atom is -0.384 e. The zero-order valence-electron chi connectivity index (χ0n) is 12.1. The highest BCUT2D eigenvalue weighted by Crippen LogP contribution is 2.46. The molecular formula is C15H26O3. The summed E-state index contributed by atoms with van der Waals surface area (Å²) in [6, 6.07) is 0. The lowest BCUT2D eigenvalue weighted by molar-refractivity contribution is -0.122. The first kappa shape index (κ1) is 15.4. The van der Waals surface area contributed by atoms with Gasteiger partial charge in [0.05, 0.1) is 13.2 Å². The number of rotatable bonds is 7. The number of ether oxygens (including phenoxy) is 2. The first-order valence-corrected chi connectivity index (χ1v) is 6.62. The van der Waals surface area contributed by atoms with E-state index < -0.39 is 0 Å². The number of methoxy groups -OCH3 is 2. The maximum absolute atomic E-state index is 11.9. The van der Waals surface area contributed by atoms with Crippen LogP contribution in [-0.2, 0) is 14.3 Å². The Labute approximate surface area is 111 Å². The van der Waals surface area contributed by atoms with E-state index in [1.807, 2.05) is 13.8 Å². The second-order valence-corrected chi connectivity index (χ2v) is 5.93. The van der Waals surface area contributed by atoms with Crippen LogP contribution in [0.15, 0.2) is 12.2 Å². The largest absolute Gasteiger partial charge is 0.384 e. The topological polar surface area (TPSA) is 35.5 Å². The van der Waals surface area contributed by atoms with Gasteiger partial charge in [-0.25, -0.2) is 0 Å². The summed E-state index contributed by atoms with van der Waals surface area (Å²) < 4.78 is 10.6. The van der Waals surface area contributed by atoms with Gasteiger partial charge in [0.15, 0.2) is 0 Å². The second-order valence-electron chi connectivity index (χ2n) is 5.93. The molecule has 0 bridgehead atoms. The number of allylic oxidation sites excluding steroid dienone is 1. The lowest BCUT2D eigenvalue weighted by atomic mass is 9.85. The molecule has 0 saturated heterocycles. The summed E-state index contributed by atoms with van der Waals surface area (Å²) in [5, 5.41) is 0.